The molecule has 3 nitrogen and oxygen atoms in total. The largest absolute Gasteiger partial charge is 0.384 e. The van der Waals surface area contributed by atoms with Crippen LogP contribution in [0.5, 0.6) is 0 Å². The van der Waals surface area contributed by atoms with Crippen molar-refractivity contribution in [1.29, 1.82) is 5.41 Å². The third-order valence-corrected chi connectivity index (χ3v) is 4.20. The topological polar surface area (TPSA) is 53.1 Å². The number of piperidine rings is 1. The van der Waals surface area contributed by atoms with Crippen molar-refractivity contribution in [3.63, 3.8) is 0 Å². The van der Waals surface area contributed by atoms with Gasteiger partial charge in [0.05, 0.1) is 0 Å². The Morgan fingerprint density at radius 1 is 1.33 bits per heavy atom. The van der Waals surface area contributed by atoms with Crippen molar-refractivity contribution in [2.24, 2.45) is 11.1 Å². The summed E-state index contributed by atoms with van der Waals surface area (Å²) in [6.45, 7) is 6.70. The van der Waals surface area contributed by atoms with Gasteiger partial charge in [-0.3, -0.25) is 5.41 Å². The van der Waals surface area contributed by atoms with Gasteiger partial charge in [0.25, 0.3) is 0 Å². The molecule has 0 unspecified atom stereocenters. The van der Waals surface area contributed by atoms with Gasteiger partial charge in [-0.25, -0.2) is 0 Å². The lowest BCUT2D eigenvalue weighted by atomic mass is 9.82. The molecule has 1 aliphatic heterocycles. The summed E-state index contributed by atoms with van der Waals surface area (Å²) in [6.07, 6.45) is 2.35. The average molecular weight is 310 g/mol. The number of amidine groups is 1. The Morgan fingerprint density at radius 3 is 2.50 bits per heavy atom. The Morgan fingerprint density at radius 2 is 1.94 bits per heavy atom. The van der Waals surface area contributed by atoms with E-state index in [1.165, 1.54) is 12.8 Å². The first-order valence-corrected chi connectivity index (χ1v) is 7.07. The molecule has 0 atom stereocenters. The number of hydrogen-bond acceptors (Lipinski definition) is 2. The van der Waals surface area contributed by atoms with Crippen molar-refractivity contribution in [3.05, 3.63) is 28.2 Å². The van der Waals surface area contributed by atoms with Gasteiger partial charge in [0, 0.05) is 28.8 Å². The highest BCUT2D eigenvalue weighted by molar-refractivity contribution is 9.10. The number of hydrogen-bond donors (Lipinski definition) is 2. The second kappa shape index (κ2) is 4.92. The molecule has 3 N–H and O–H groups in total. The molecule has 4 heteroatoms. The van der Waals surface area contributed by atoms with Gasteiger partial charge in [0.15, 0.2) is 0 Å². The van der Waals surface area contributed by atoms with Crippen molar-refractivity contribution in [1.82, 2.24) is 0 Å². The van der Waals surface area contributed by atoms with Crippen molar-refractivity contribution in [2.75, 3.05) is 18.0 Å². The molecule has 0 saturated carbocycles. The molecule has 0 aromatic heterocycles. The fourth-order valence-electron chi connectivity index (χ4n) is 2.35. The summed E-state index contributed by atoms with van der Waals surface area (Å²) in [5.74, 6) is 0.141. The third-order valence-electron chi connectivity index (χ3n) is 3.71. The Hall–Kier alpha value is -1.03. The van der Waals surface area contributed by atoms with Crippen molar-refractivity contribution >= 4 is 27.5 Å². The van der Waals surface area contributed by atoms with E-state index in [-0.39, 0.29) is 5.84 Å². The van der Waals surface area contributed by atoms with E-state index in [0.29, 0.717) is 5.41 Å². The lowest BCUT2D eigenvalue weighted by molar-refractivity contribution is 0.280. The highest BCUT2D eigenvalue weighted by Crippen LogP contribution is 2.34. The van der Waals surface area contributed by atoms with Crippen molar-refractivity contribution < 1.29 is 0 Å². The van der Waals surface area contributed by atoms with Crippen LogP contribution >= 0.6 is 15.9 Å². The minimum absolute atomic E-state index is 0.141. The van der Waals surface area contributed by atoms with E-state index in [1.807, 2.05) is 12.1 Å². The van der Waals surface area contributed by atoms with E-state index < -0.39 is 0 Å². The summed E-state index contributed by atoms with van der Waals surface area (Å²) in [5.41, 5.74) is 8.00. The zero-order chi connectivity index (χ0) is 13.3. The van der Waals surface area contributed by atoms with E-state index in [9.17, 15) is 0 Å². The molecule has 0 amide bonds. The highest BCUT2D eigenvalue weighted by Gasteiger charge is 2.26. The zero-order valence-electron chi connectivity index (χ0n) is 11.0. The number of halogens is 1. The summed E-state index contributed by atoms with van der Waals surface area (Å²) in [6, 6.07) is 5.92. The quantitative estimate of drug-likeness (QED) is 0.650. The van der Waals surface area contributed by atoms with Crippen LogP contribution in [0.15, 0.2) is 22.7 Å². The standard InChI is InChI=1S/C14H20BrN3/c1-14(2)5-7-18(8-6-14)12-9-10(15)3-4-11(12)13(16)17/h3-4,9H,5-8H2,1-2H3,(H3,16,17). The minimum Gasteiger partial charge on any atom is -0.384 e. The Balaban J connectivity index is 2.28. The normalized spacial score (nSPS) is 18.7. The molecule has 0 aliphatic carbocycles. The van der Waals surface area contributed by atoms with Crippen LogP contribution in [0.4, 0.5) is 5.69 Å². The molecule has 0 bridgehead atoms. The van der Waals surface area contributed by atoms with Gasteiger partial charge in [-0.1, -0.05) is 29.8 Å². The number of nitrogens with one attached hydrogen (secondary N) is 1. The maximum atomic E-state index is 7.68. The van der Waals surface area contributed by atoms with Crippen LogP contribution in [0.1, 0.15) is 32.3 Å². The zero-order valence-corrected chi connectivity index (χ0v) is 12.5. The summed E-state index contributed by atoms with van der Waals surface area (Å²) < 4.78 is 1.03. The van der Waals surface area contributed by atoms with Crippen molar-refractivity contribution in [3.8, 4) is 0 Å². The van der Waals surface area contributed by atoms with Crippen LogP contribution in [-0.2, 0) is 0 Å². The molecule has 0 radical (unpaired) electrons. The van der Waals surface area contributed by atoms with E-state index >= 15 is 0 Å². The van der Waals surface area contributed by atoms with E-state index in [0.717, 1.165) is 28.8 Å². The number of rotatable bonds is 2. The molecular weight excluding hydrogens is 290 g/mol. The first kappa shape index (κ1) is 13.4. The van der Waals surface area contributed by atoms with Gasteiger partial charge in [0.2, 0.25) is 0 Å². The Labute approximate surface area is 117 Å². The monoisotopic (exact) mass is 309 g/mol. The molecular formula is C14H20BrN3. The molecule has 1 heterocycles. The maximum Gasteiger partial charge on any atom is 0.124 e. The van der Waals surface area contributed by atoms with Gasteiger partial charge >= 0.3 is 0 Å². The molecule has 0 spiro atoms. The molecule has 2 rings (SSSR count). The molecule has 1 aromatic carbocycles. The van der Waals surface area contributed by atoms with Gasteiger partial charge in [-0.05, 0) is 36.5 Å². The highest BCUT2D eigenvalue weighted by atomic mass is 79.9. The molecule has 1 saturated heterocycles. The van der Waals surface area contributed by atoms with Crippen LogP contribution in [-0.4, -0.2) is 18.9 Å². The maximum absolute atomic E-state index is 7.68. The van der Waals surface area contributed by atoms with Crippen LogP contribution in [0, 0.1) is 10.8 Å². The number of nitrogen functional groups attached to an aromatic ring is 1. The predicted molar refractivity (Wildman–Crippen MR) is 80.4 cm³/mol. The summed E-state index contributed by atoms with van der Waals surface area (Å²) >= 11 is 3.50. The third kappa shape index (κ3) is 2.86. The van der Waals surface area contributed by atoms with Crippen LogP contribution < -0.4 is 10.6 Å². The van der Waals surface area contributed by atoms with Gasteiger partial charge in [-0.15, -0.1) is 0 Å². The fraction of sp³-hybridized carbons (Fsp3) is 0.500. The van der Waals surface area contributed by atoms with Gasteiger partial charge in [0.1, 0.15) is 5.84 Å². The first-order chi connectivity index (χ1) is 8.39. The van der Waals surface area contributed by atoms with E-state index in [4.69, 9.17) is 11.1 Å². The fourth-order valence-corrected chi connectivity index (χ4v) is 2.70. The number of nitrogens with two attached hydrogens (primary N) is 1. The summed E-state index contributed by atoms with van der Waals surface area (Å²) in [7, 11) is 0. The Kier molecular flexibility index (Phi) is 3.66. The second-order valence-corrected chi connectivity index (χ2v) is 6.64. The van der Waals surface area contributed by atoms with E-state index in [1.54, 1.807) is 0 Å². The Bertz CT molecular complexity index is 458. The SMILES string of the molecule is CC1(C)CCN(c2cc(Br)ccc2C(=N)N)CC1. The molecule has 98 valence electrons. The van der Waals surface area contributed by atoms with Crippen LogP contribution in [0.2, 0.25) is 0 Å². The molecule has 1 fully saturated rings. The number of nitrogens with zero attached hydrogens (tertiary/aromatic N) is 1. The van der Waals surface area contributed by atoms with E-state index in [2.05, 4.69) is 40.7 Å². The lowest BCUT2D eigenvalue weighted by Gasteiger charge is -2.39. The molecule has 1 aromatic rings. The number of benzene rings is 1. The first-order valence-electron chi connectivity index (χ1n) is 6.28. The number of anilines is 1. The van der Waals surface area contributed by atoms with Crippen LogP contribution in [0.3, 0.4) is 0 Å². The van der Waals surface area contributed by atoms with Gasteiger partial charge in [-0.2, -0.15) is 0 Å². The van der Waals surface area contributed by atoms with Crippen molar-refractivity contribution in [2.45, 2.75) is 26.7 Å². The smallest absolute Gasteiger partial charge is 0.124 e. The second-order valence-electron chi connectivity index (χ2n) is 5.73. The molecule has 1 aliphatic rings. The van der Waals surface area contributed by atoms with Gasteiger partial charge < -0.3 is 10.6 Å². The summed E-state index contributed by atoms with van der Waals surface area (Å²) in [4.78, 5) is 2.34. The summed E-state index contributed by atoms with van der Waals surface area (Å²) in [5, 5.41) is 7.68. The minimum atomic E-state index is 0.141. The van der Waals surface area contributed by atoms with Crippen LogP contribution in [0.25, 0.3) is 0 Å². The molecule has 18 heavy (non-hydrogen) atoms. The average Bonchev–Trinajstić information content (AvgIpc) is 2.28. The lowest BCUT2D eigenvalue weighted by Crippen LogP contribution is -2.38. The predicted octanol–water partition coefficient (Wildman–Crippen LogP) is 3.36.